The fraction of sp³-hybridized carbons (Fsp3) is 0.909. The van der Waals surface area contributed by atoms with Crippen molar-refractivity contribution in [2.45, 2.75) is 51.9 Å². The molecule has 0 aromatic carbocycles. The summed E-state index contributed by atoms with van der Waals surface area (Å²) in [6.07, 6.45) is 0. The molecule has 0 aliphatic rings. The van der Waals surface area contributed by atoms with Gasteiger partial charge in [-0.25, -0.2) is 0 Å². The monoisotopic (exact) mass is 263 g/mol. The van der Waals surface area contributed by atoms with E-state index in [1.54, 1.807) is 0 Å². The second kappa shape index (κ2) is 4.21. The summed E-state index contributed by atoms with van der Waals surface area (Å²) in [5, 5.41) is 0. The molecular formula is C11H22BrNO. The molecule has 0 bridgehead atoms. The predicted octanol–water partition coefficient (Wildman–Crippen LogP) is 3.05. The van der Waals surface area contributed by atoms with Crippen molar-refractivity contribution in [1.82, 2.24) is 4.90 Å². The number of hydrogen-bond acceptors (Lipinski definition) is 1. The van der Waals surface area contributed by atoms with E-state index in [4.69, 9.17) is 0 Å². The maximum absolute atomic E-state index is 11.9. The number of hydrogen-bond donors (Lipinski definition) is 0. The highest BCUT2D eigenvalue weighted by Gasteiger charge is 2.33. The third kappa shape index (κ3) is 3.60. The van der Waals surface area contributed by atoms with Crippen LogP contribution in [0.25, 0.3) is 0 Å². The molecule has 0 fully saturated rings. The summed E-state index contributed by atoms with van der Waals surface area (Å²) < 4.78 is -0.471. The lowest BCUT2D eigenvalue weighted by molar-refractivity contribution is -0.135. The summed E-state index contributed by atoms with van der Waals surface area (Å²) in [7, 11) is 1.86. The first-order valence-corrected chi connectivity index (χ1v) is 5.73. The standard InChI is InChI=1S/C11H22BrNO/c1-8(10(2,3)4)13(7)9(14)11(5,6)12/h8H,1-7H3. The maximum atomic E-state index is 11.9. The molecule has 0 aromatic rings. The van der Waals surface area contributed by atoms with Gasteiger partial charge in [-0.2, -0.15) is 0 Å². The van der Waals surface area contributed by atoms with Crippen molar-refractivity contribution in [1.29, 1.82) is 0 Å². The molecular weight excluding hydrogens is 242 g/mol. The Balaban J connectivity index is 4.65. The molecule has 0 radical (unpaired) electrons. The fourth-order valence-corrected chi connectivity index (χ4v) is 1.46. The summed E-state index contributed by atoms with van der Waals surface area (Å²) in [6, 6.07) is 0.229. The van der Waals surface area contributed by atoms with Gasteiger partial charge in [-0.1, -0.05) is 36.7 Å². The number of carbonyl (C=O) groups is 1. The van der Waals surface area contributed by atoms with E-state index in [1.165, 1.54) is 0 Å². The molecule has 1 atom stereocenters. The van der Waals surface area contributed by atoms with E-state index in [1.807, 2.05) is 25.8 Å². The van der Waals surface area contributed by atoms with E-state index in [0.717, 1.165) is 0 Å². The van der Waals surface area contributed by atoms with E-state index in [9.17, 15) is 4.79 Å². The second-order valence-corrected chi connectivity index (χ2v) is 7.41. The second-order valence-electron chi connectivity index (χ2n) is 5.43. The third-order valence-corrected chi connectivity index (χ3v) is 3.00. The molecule has 0 rings (SSSR count). The van der Waals surface area contributed by atoms with Gasteiger partial charge >= 0.3 is 0 Å². The smallest absolute Gasteiger partial charge is 0.238 e. The molecule has 0 aliphatic heterocycles. The van der Waals surface area contributed by atoms with E-state index >= 15 is 0 Å². The molecule has 1 unspecified atom stereocenters. The van der Waals surface area contributed by atoms with Gasteiger partial charge in [-0.3, -0.25) is 4.79 Å². The molecule has 1 amide bonds. The van der Waals surface area contributed by atoms with E-state index in [-0.39, 0.29) is 17.4 Å². The topological polar surface area (TPSA) is 20.3 Å². The minimum absolute atomic E-state index is 0.114. The highest BCUT2D eigenvalue weighted by atomic mass is 79.9. The Labute approximate surface area is 96.2 Å². The van der Waals surface area contributed by atoms with Crippen LogP contribution in [0.15, 0.2) is 0 Å². The first-order chi connectivity index (χ1) is 5.98. The Morgan fingerprint density at radius 2 is 1.57 bits per heavy atom. The molecule has 0 saturated carbocycles. The molecule has 2 nitrogen and oxygen atoms in total. The largest absolute Gasteiger partial charge is 0.341 e. The van der Waals surface area contributed by atoms with Crippen molar-refractivity contribution in [3.05, 3.63) is 0 Å². The molecule has 84 valence electrons. The van der Waals surface area contributed by atoms with Crippen molar-refractivity contribution >= 4 is 21.8 Å². The van der Waals surface area contributed by atoms with Crippen LogP contribution in [0.5, 0.6) is 0 Å². The fourth-order valence-electron chi connectivity index (χ4n) is 1.18. The minimum atomic E-state index is -0.471. The molecule has 14 heavy (non-hydrogen) atoms. The van der Waals surface area contributed by atoms with Crippen LogP contribution < -0.4 is 0 Å². The summed E-state index contributed by atoms with van der Waals surface area (Å²) in [6.45, 7) is 12.3. The van der Waals surface area contributed by atoms with Crippen LogP contribution in [0, 0.1) is 5.41 Å². The van der Waals surface area contributed by atoms with Gasteiger partial charge in [0.15, 0.2) is 0 Å². The van der Waals surface area contributed by atoms with Gasteiger partial charge in [0.2, 0.25) is 5.91 Å². The summed E-state index contributed by atoms with van der Waals surface area (Å²) in [5.41, 5.74) is 0.114. The van der Waals surface area contributed by atoms with Gasteiger partial charge in [0.25, 0.3) is 0 Å². The Bertz CT molecular complexity index is 212. The quantitative estimate of drug-likeness (QED) is 0.702. The zero-order valence-corrected chi connectivity index (χ0v) is 11.9. The van der Waals surface area contributed by atoms with Crippen LogP contribution in [-0.4, -0.2) is 28.2 Å². The van der Waals surface area contributed by atoms with E-state index < -0.39 is 4.32 Å². The Kier molecular flexibility index (Phi) is 4.20. The van der Waals surface area contributed by atoms with Gasteiger partial charge < -0.3 is 4.90 Å². The van der Waals surface area contributed by atoms with E-state index in [2.05, 4.69) is 43.6 Å². The van der Waals surface area contributed by atoms with Crippen LogP contribution in [0.3, 0.4) is 0 Å². The summed E-state index contributed by atoms with van der Waals surface area (Å²) in [4.78, 5) is 13.7. The lowest BCUT2D eigenvalue weighted by atomic mass is 9.87. The Morgan fingerprint density at radius 1 is 1.21 bits per heavy atom. The molecule has 0 aliphatic carbocycles. The van der Waals surface area contributed by atoms with Crippen molar-refractivity contribution in [2.75, 3.05) is 7.05 Å². The van der Waals surface area contributed by atoms with E-state index in [0.29, 0.717) is 0 Å². The SMILES string of the molecule is CC(N(C)C(=O)C(C)(C)Br)C(C)(C)C. The van der Waals surface area contributed by atoms with Gasteiger partial charge in [-0.15, -0.1) is 0 Å². The normalized spacial score (nSPS) is 15.1. The van der Waals surface area contributed by atoms with Crippen molar-refractivity contribution < 1.29 is 4.79 Å². The zero-order valence-electron chi connectivity index (χ0n) is 10.3. The number of alkyl halides is 1. The van der Waals surface area contributed by atoms with Crippen molar-refractivity contribution in [3.8, 4) is 0 Å². The molecule has 0 saturated heterocycles. The number of rotatable bonds is 2. The van der Waals surface area contributed by atoms with Crippen molar-refractivity contribution in [3.63, 3.8) is 0 Å². The van der Waals surface area contributed by atoms with Gasteiger partial charge in [-0.05, 0) is 26.2 Å². The van der Waals surface area contributed by atoms with Crippen LogP contribution in [0.1, 0.15) is 41.5 Å². The molecule has 3 heteroatoms. The first-order valence-electron chi connectivity index (χ1n) is 4.94. The zero-order chi connectivity index (χ0) is 11.7. The first kappa shape index (κ1) is 13.9. The van der Waals surface area contributed by atoms with Crippen LogP contribution in [0.4, 0.5) is 0 Å². The summed E-state index contributed by atoms with van der Waals surface area (Å²) in [5.74, 6) is 0.125. The minimum Gasteiger partial charge on any atom is -0.341 e. The lowest BCUT2D eigenvalue weighted by Gasteiger charge is -2.37. The Morgan fingerprint density at radius 3 is 1.79 bits per heavy atom. The highest BCUT2D eigenvalue weighted by Crippen LogP contribution is 2.27. The Hall–Kier alpha value is -0.0500. The predicted molar refractivity (Wildman–Crippen MR) is 64.7 cm³/mol. The molecule has 0 spiro atoms. The number of amides is 1. The molecule has 0 N–H and O–H groups in total. The molecule has 0 aromatic heterocycles. The number of carbonyl (C=O) groups excluding carboxylic acids is 1. The van der Waals surface area contributed by atoms with Crippen LogP contribution >= 0.6 is 15.9 Å². The van der Waals surface area contributed by atoms with Gasteiger partial charge in [0.05, 0.1) is 4.32 Å². The number of nitrogens with zero attached hydrogens (tertiary/aromatic N) is 1. The highest BCUT2D eigenvalue weighted by molar-refractivity contribution is 9.10. The van der Waals surface area contributed by atoms with Crippen LogP contribution in [0.2, 0.25) is 0 Å². The maximum Gasteiger partial charge on any atom is 0.238 e. The average molecular weight is 264 g/mol. The van der Waals surface area contributed by atoms with Gasteiger partial charge in [0.1, 0.15) is 0 Å². The van der Waals surface area contributed by atoms with Crippen LogP contribution in [-0.2, 0) is 4.79 Å². The summed E-state index contributed by atoms with van der Waals surface area (Å²) >= 11 is 3.39. The third-order valence-electron chi connectivity index (χ3n) is 2.66. The number of halogens is 1. The molecule has 0 heterocycles. The lowest BCUT2D eigenvalue weighted by Crippen LogP contribution is -2.48. The van der Waals surface area contributed by atoms with Gasteiger partial charge in [0, 0.05) is 13.1 Å². The average Bonchev–Trinajstić information content (AvgIpc) is 1.97. The van der Waals surface area contributed by atoms with Crippen molar-refractivity contribution in [2.24, 2.45) is 5.41 Å².